The molecule has 2 aromatic heterocycles. The highest BCUT2D eigenvalue weighted by Crippen LogP contribution is 2.60. The zero-order chi connectivity index (χ0) is 38.6. The number of hydrogen-bond donors (Lipinski definition) is 9. The molecule has 53 heavy (non-hydrogen) atoms. The van der Waals surface area contributed by atoms with Crippen LogP contribution in [0.4, 0.5) is 5.82 Å². The van der Waals surface area contributed by atoms with E-state index in [1.807, 2.05) is 4.98 Å². The van der Waals surface area contributed by atoms with Crippen molar-refractivity contribution in [1.29, 1.82) is 0 Å². The highest BCUT2D eigenvalue weighted by molar-refractivity contribution is 7.61. The summed E-state index contributed by atoms with van der Waals surface area (Å²) < 4.78 is 46.6. The van der Waals surface area contributed by atoms with Gasteiger partial charge in [0.2, 0.25) is 0 Å². The van der Waals surface area contributed by atoms with Crippen LogP contribution in [0.25, 0.3) is 33.7 Å². The first-order chi connectivity index (χ1) is 24.9. The van der Waals surface area contributed by atoms with Crippen molar-refractivity contribution in [2.75, 3.05) is 18.9 Å². The Balaban J connectivity index is 1.07. The number of H-pyrrole nitrogens is 1. The number of fused-ring (bicyclic) bond motifs is 3. The Morgan fingerprint density at radius 2 is 1.68 bits per heavy atom. The summed E-state index contributed by atoms with van der Waals surface area (Å²) in [5.74, 6) is -0.212. The van der Waals surface area contributed by atoms with Crippen molar-refractivity contribution >= 4 is 43.7 Å². The average Bonchev–Trinajstić information content (AvgIpc) is 3.63. The minimum Gasteiger partial charge on any atom is -0.388 e. The van der Waals surface area contributed by atoms with Gasteiger partial charge in [0.15, 0.2) is 29.2 Å². The van der Waals surface area contributed by atoms with Crippen molar-refractivity contribution in [3.05, 3.63) is 56.8 Å². The molecule has 0 bridgehead atoms. The topological polar surface area (TPSA) is 363 Å². The van der Waals surface area contributed by atoms with Crippen LogP contribution in [0.5, 0.6) is 0 Å². The number of aryl methyl sites for hydroxylation is 2. The van der Waals surface area contributed by atoms with E-state index in [1.165, 1.54) is 15.5 Å². The molecule has 0 amide bonds. The fourth-order valence-corrected chi connectivity index (χ4v) is 7.65. The van der Waals surface area contributed by atoms with Crippen LogP contribution in [0, 0.1) is 13.8 Å². The summed E-state index contributed by atoms with van der Waals surface area (Å²) in [7, 11) is -11.0. The molecule has 286 valence electrons. The van der Waals surface area contributed by atoms with Crippen LogP contribution in [-0.4, -0.2) is 124 Å². The molecule has 0 aliphatic carbocycles. The first-order valence-electron chi connectivity index (χ1n) is 15.4. The number of anilines is 1. The maximum Gasteiger partial charge on any atom is 0.481 e. The summed E-state index contributed by atoms with van der Waals surface area (Å²) in [5, 5.41) is 53.0. The van der Waals surface area contributed by atoms with Gasteiger partial charge in [-0.25, -0.2) is 33.9 Å². The monoisotopic (exact) mass is 785 g/mol. The Morgan fingerprint density at radius 1 is 0.981 bits per heavy atom. The molecule has 24 nitrogen and oxygen atoms in total. The molecule has 9 atom stereocenters. The Hall–Kier alpha value is -4.13. The number of hydrogen-bond acceptors (Lipinski definition) is 19. The lowest BCUT2D eigenvalue weighted by Gasteiger charge is -2.26. The van der Waals surface area contributed by atoms with E-state index in [4.69, 9.17) is 15.0 Å². The number of imidazole rings is 1. The Kier molecular flexibility index (Phi) is 10.6. The van der Waals surface area contributed by atoms with Gasteiger partial charge in [0, 0.05) is 0 Å². The number of nitrogens with zero attached hydrogens (tertiary/aromatic N) is 7. The highest BCUT2D eigenvalue weighted by Gasteiger charge is 2.46. The number of aliphatic hydroxyl groups excluding tert-OH is 5. The number of aromatic nitrogens is 8. The molecule has 0 radical (unpaired) electrons. The van der Waals surface area contributed by atoms with Crippen LogP contribution in [0.3, 0.4) is 0 Å². The minimum atomic E-state index is -5.54. The molecule has 5 heterocycles. The molecule has 3 aliphatic heterocycles. The van der Waals surface area contributed by atoms with E-state index in [-0.39, 0.29) is 34.0 Å². The summed E-state index contributed by atoms with van der Waals surface area (Å²) >= 11 is 0. The highest BCUT2D eigenvalue weighted by atomic mass is 31.3. The number of ether oxygens (including phenoxy) is 1. The van der Waals surface area contributed by atoms with Crippen molar-refractivity contribution in [2.24, 2.45) is 0 Å². The van der Waals surface area contributed by atoms with Crippen molar-refractivity contribution in [2.45, 2.75) is 63.2 Å². The number of rotatable bonds is 13. The third-order valence-electron chi connectivity index (χ3n) is 8.40. The Labute approximate surface area is 295 Å². The lowest BCUT2D eigenvalue weighted by molar-refractivity contribution is -0.0794. The van der Waals surface area contributed by atoms with Crippen molar-refractivity contribution in [3.63, 3.8) is 0 Å². The summed E-state index contributed by atoms with van der Waals surface area (Å²) in [6.07, 6.45) is -9.93. The van der Waals surface area contributed by atoms with Crippen LogP contribution in [0.2, 0.25) is 0 Å². The van der Waals surface area contributed by atoms with Gasteiger partial charge in [-0.1, -0.05) is 0 Å². The van der Waals surface area contributed by atoms with E-state index in [0.717, 1.165) is 17.5 Å². The van der Waals surface area contributed by atoms with E-state index in [9.17, 15) is 54.0 Å². The van der Waals surface area contributed by atoms with E-state index in [0.29, 0.717) is 5.52 Å². The zero-order valence-electron chi connectivity index (χ0n) is 27.5. The molecule has 0 saturated carbocycles. The lowest BCUT2D eigenvalue weighted by Crippen LogP contribution is -2.42. The second-order valence-corrected chi connectivity index (χ2v) is 15.1. The van der Waals surface area contributed by atoms with Crippen LogP contribution >= 0.6 is 15.6 Å². The third-order valence-corrected chi connectivity index (χ3v) is 11.0. The largest absolute Gasteiger partial charge is 0.481 e. The van der Waals surface area contributed by atoms with Crippen molar-refractivity contribution in [3.8, 4) is 11.5 Å². The quantitative estimate of drug-likeness (QED) is 0.0443. The normalized spacial score (nSPS) is 23.3. The molecule has 1 aromatic carbocycles. The molecule has 26 heteroatoms. The van der Waals surface area contributed by atoms with Gasteiger partial charge in [-0.15, -0.1) is 0 Å². The minimum absolute atomic E-state index is 0.0293. The summed E-state index contributed by atoms with van der Waals surface area (Å²) in [4.78, 5) is 66.6. The number of phosphoric acid groups is 2. The molecule has 6 rings (SSSR count). The molecule has 0 spiro atoms. The number of nitrogens with one attached hydrogen (secondary N) is 1. The summed E-state index contributed by atoms with van der Waals surface area (Å²) in [6.45, 7) is 0.795. The standard InChI is InChI=1S/C27H33N9O15P2/c1-10-3-12-13(4-11(10)2)35(24-18(32-12)25(42)34-27(43)33-24)5-14(37)19(39)15(38)6-48-52(44,45)51-53(46,47)49-7-16-20(40)21(41)26(50-16)36-9-31-17-22(28)29-8-30-23(17)36/h3-4,8-9,14-16,19-21,26,37-41H,5-7H2,1-2H3,(H,44,45)(H,46,47)(H2,28,29,30)(H,34,42,43)/t14?,15?,16-,19?,20-,21-,26?/m1/s1. The number of phosphoric ester groups is 2. The molecular weight excluding hydrogens is 752 g/mol. The fourth-order valence-electron chi connectivity index (χ4n) is 5.55. The van der Waals surface area contributed by atoms with E-state index >= 15 is 0 Å². The second kappa shape index (κ2) is 14.6. The molecule has 6 unspecified atom stereocenters. The Morgan fingerprint density at radius 3 is 2.42 bits per heavy atom. The SMILES string of the molecule is Cc1cc2nc3c(=O)[nH]c(=O)nc-3n(CC(O)C(O)C(O)COP(=O)(O)OP(=O)(O)OC[C@H]3OC(n4cnc5c(N)ncnc54)[C@H](O)[C@@H]3O)c2cc1C. The smallest absolute Gasteiger partial charge is 0.388 e. The van der Waals surface area contributed by atoms with Crippen LogP contribution in [0.1, 0.15) is 17.4 Å². The predicted octanol–water partition coefficient (Wildman–Crippen LogP) is -2.42. The maximum atomic E-state index is 12.5. The molecule has 1 saturated heterocycles. The number of nitrogen functional groups attached to an aromatic ring is 1. The van der Waals surface area contributed by atoms with Gasteiger partial charge in [0.1, 0.15) is 48.5 Å². The second-order valence-electron chi connectivity index (χ2n) is 12.1. The van der Waals surface area contributed by atoms with Crippen molar-refractivity contribution in [1.82, 2.24) is 39.0 Å². The molecule has 3 aliphatic rings. The summed E-state index contributed by atoms with van der Waals surface area (Å²) in [5.41, 5.74) is 6.11. The lowest BCUT2D eigenvalue weighted by atomic mass is 10.1. The first kappa shape index (κ1) is 38.6. The maximum absolute atomic E-state index is 12.5. The van der Waals surface area contributed by atoms with Gasteiger partial charge in [-0.05, 0) is 37.1 Å². The van der Waals surface area contributed by atoms with Gasteiger partial charge in [-0.2, -0.15) is 9.29 Å². The van der Waals surface area contributed by atoms with Crippen molar-refractivity contribution < 1.29 is 62.5 Å². The fraction of sp³-hybridized carbons (Fsp3) is 0.444. The summed E-state index contributed by atoms with van der Waals surface area (Å²) in [6, 6.07) is 3.29. The number of aromatic amines is 1. The first-order valence-corrected chi connectivity index (χ1v) is 18.4. The molecular formula is C27H33N9O15P2. The van der Waals surface area contributed by atoms with Gasteiger partial charge in [-0.3, -0.25) is 23.4 Å². The molecule has 1 fully saturated rings. The molecule has 10 N–H and O–H groups in total. The zero-order valence-corrected chi connectivity index (χ0v) is 29.3. The van der Waals surface area contributed by atoms with Crippen LogP contribution in [-0.2, 0) is 33.8 Å². The Bertz CT molecular complexity index is 2350. The van der Waals surface area contributed by atoms with Crippen LogP contribution in [0.15, 0.2) is 34.4 Å². The van der Waals surface area contributed by atoms with Gasteiger partial charge >= 0.3 is 21.3 Å². The van der Waals surface area contributed by atoms with Gasteiger partial charge < -0.3 is 50.4 Å². The van der Waals surface area contributed by atoms with E-state index in [1.54, 1.807) is 26.0 Å². The number of aliphatic hydroxyl groups is 5. The molecule has 3 aromatic rings. The van der Waals surface area contributed by atoms with Crippen LogP contribution < -0.4 is 17.0 Å². The van der Waals surface area contributed by atoms with Gasteiger partial charge in [0.05, 0.1) is 37.1 Å². The predicted molar refractivity (Wildman–Crippen MR) is 177 cm³/mol. The third kappa shape index (κ3) is 7.91. The number of benzene rings is 1. The van der Waals surface area contributed by atoms with E-state index in [2.05, 4.69) is 33.8 Å². The van der Waals surface area contributed by atoms with E-state index < -0.39 is 89.5 Å². The number of nitrogens with two attached hydrogens (primary N) is 1. The average molecular weight is 786 g/mol. The van der Waals surface area contributed by atoms with Gasteiger partial charge in [0.25, 0.3) is 5.56 Å².